The fourth-order valence-electron chi connectivity index (χ4n) is 4.10. The highest BCUT2D eigenvalue weighted by Crippen LogP contribution is 2.36. The number of piperidine rings is 1. The van der Waals surface area contributed by atoms with Crippen LogP contribution >= 0.6 is 15.9 Å². The molecule has 1 aliphatic carbocycles. The highest BCUT2D eigenvalue weighted by atomic mass is 79.9. The minimum absolute atomic E-state index is 0.613. The first-order chi connectivity index (χ1) is 11.1. The van der Waals surface area contributed by atoms with Crippen LogP contribution in [0.1, 0.15) is 29.5 Å². The van der Waals surface area contributed by atoms with Gasteiger partial charge in [0.25, 0.3) is 0 Å². The molecule has 0 atom stereocenters. The highest BCUT2D eigenvalue weighted by Gasteiger charge is 2.37. The maximum atomic E-state index is 11.0. The smallest absolute Gasteiger partial charge is 0.0920 e. The SMILES string of the molecule is OC1(c2ccc(Br)cc2)CCN(C2Cc3ccccc3C2)CC1. The lowest BCUT2D eigenvalue weighted by atomic mass is 9.84. The predicted molar refractivity (Wildman–Crippen MR) is 96.5 cm³/mol. The van der Waals surface area contributed by atoms with Crippen molar-refractivity contribution in [3.8, 4) is 0 Å². The van der Waals surface area contributed by atoms with E-state index in [9.17, 15) is 5.11 Å². The Morgan fingerprint density at radius 3 is 2.04 bits per heavy atom. The molecule has 1 N–H and O–H groups in total. The monoisotopic (exact) mass is 371 g/mol. The van der Waals surface area contributed by atoms with Gasteiger partial charge in [0, 0.05) is 23.6 Å². The number of halogens is 1. The molecule has 1 fully saturated rings. The number of likely N-dealkylation sites (tertiary alicyclic amines) is 1. The molecule has 120 valence electrons. The van der Waals surface area contributed by atoms with E-state index in [2.05, 4.69) is 45.1 Å². The van der Waals surface area contributed by atoms with Gasteiger partial charge in [0.2, 0.25) is 0 Å². The van der Waals surface area contributed by atoms with Gasteiger partial charge in [-0.05, 0) is 54.5 Å². The van der Waals surface area contributed by atoms with Crippen LogP contribution in [-0.4, -0.2) is 29.1 Å². The van der Waals surface area contributed by atoms with Crippen LogP contribution in [0.15, 0.2) is 53.0 Å². The van der Waals surface area contributed by atoms with E-state index in [0.717, 1.165) is 48.8 Å². The lowest BCUT2D eigenvalue weighted by Crippen LogP contribution is -2.47. The van der Waals surface area contributed by atoms with E-state index in [0.29, 0.717) is 6.04 Å². The van der Waals surface area contributed by atoms with Gasteiger partial charge in [-0.2, -0.15) is 0 Å². The van der Waals surface area contributed by atoms with E-state index < -0.39 is 5.60 Å². The molecular weight excluding hydrogens is 350 g/mol. The first kappa shape index (κ1) is 15.4. The molecule has 2 nitrogen and oxygen atoms in total. The van der Waals surface area contributed by atoms with Gasteiger partial charge in [-0.25, -0.2) is 0 Å². The average Bonchev–Trinajstić information content (AvgIpc) is 3.00. The number of hydrogen-bond donors (Lipinski definition) is 1. The zero-order valence-corrected chi connectivity index (χ0v) is 14.8. The molecule has 0 saturated carbocycles. The lowest BCUT2D eigenvalue weighted by Gasteiger charge is -2.41. The van der Waals surface area contributed by atoms with E-state index >= 15 is 0 Å². The summed E-state index contributed by atoms with van der Waals surface area (Å²) in [5.41, 5.74) is 3.40. The second-order valence-electron chi connectivity index (χ2n) is 6.91. The molecule has 0 aromatic heterocycles. The molecule has 0 unspecified atom stereocenters. The lowest BCUT2D eigenvalue weighted by molar-refractivity contribution is -0.0347. The molecule has 2 aromatic rings. The Morgan fingerprint density at radius 2 is 1.48 bits per heavy atom. The van der Waals surface area contributed by atoms with Crippen molar-refractivity contribution in [2.75, 3.05) is 13.1 Å². The van der Waals surface area contributed by atoms with E-state index in [1.165, 1.54) is 11.1 Å². The molecule has 23 heavy (non-hydrogen) atoms. The second kappa shape index (κ2) is 6.04. The van der Waals surface area contributed by atoms with Gasteiger partial charge in [0.1, 0.15) is 0 Å². The molecule has 3 heteroatoms. The molecule has 4 rings (SSSR count). The van der Waals surface area contributed by atoms with Crippen molar-refractivity contribution in [2.24, 2.45) is 0 Å². The van der Waals surface area contributed by atoms with Crippen molar-refractivity contribution >= 4 is 15.9 Å². The maximum Gasteiger partial charge on any atom is 0.0920 e. The normalized spacial score (nSPS) is 21.3. The number of benzene rings is 2. The summed E-state index contributed by atoms with van der Waals surface area (Å²) in [6, 6.07) is 17.6. The minimum atomic E-state index is -0.664. The Balaban J connectivity index is 1.43. The van der Waals surface area contributed by atoms with E-state index in [1.54, 1.807) is 0 Å². The van der Waals surface area contributed by atoms with Crippen molar-refractivity contribution in [1.82, 2.24) is 4.90 Å². The van der Waals surface area contributed by atoms with Gasteiger partial charge >= 0.3 is 0 Å². The maximum absolute atomic E-state index is 11.0. The van der Waals surface area contributed by atoms with Crippen molar-refractivity contribution < 1.29 is 5.11 Å². The fraction of sp³-hybridized carbons (Fsp3) is 0.400. The van der Waals surface area contributed by atoms with Crippen molar-refractivity contribution in [1.29, 1.82) is 0 Å². The summed E-state index contributed by atoms with van der Waals surface area (Å²) in [7, 11) is 0. The molecule has 2 aromatic carbocycles. The quantitative estimate of drug-likeness (QED) is 0.865. The Kier molecular flexibility index (Phi) is 4.04. The minimum Gasteiger partial charge on any atom is -0.385 e. The van der Waals surface area contributed by atoms with Crippen LogP contribution < -0.4 is 0 Å². The third-order valence-corrected chi connectivity index (χ3v) is 6.08. The predicted octanol–water partition coefficient (Wildman–Crippen LogP) is 3.90. The molecule has 0 amide bonds. The van der Waals surface area contributed by atoms with Crippen LogP contribution in [0.25, 0.3) is 0 Å². The number of nitrogens with zero attached hydrogens (tertiary/aromatic N) is 1. The summed E-state index contributed by atoms with van der Waals surface area (Å²) in [4.78, 5) is 2.58. The van der Waals surface area contributed by atoms with E-state index in [1.807, 2.05) is 24.3 Å². The Hall–Kier alpha value is -1.16. The van der Waals surface area contributed by atoms with Crippen molar-refractivity contribution in [3.63, 3.8) is 0 Å². The van der Waals surface area contributed by atoms with Gasteiger partial charge in [-0.1, -0.05) is 52.3 Å². The molecule has 1 heterocycles. The first-order valence-corrected chi connectivity index (χ1v) is 9.23. The molecular formula is C20H22BrNO. The molecule has 0 radical (unpaired) electrons. The van der Waals surface area contributed by atoms with Crippen LogP contribution in [-0.2, 0) is 18.4 Å². The molecule has 1 aliphatic heterocycles. The Labute approximate surface area is 146 Å². The third-order valence-electron chi connectivity index (χ3n) is 5.55. The van der Waals surface area contributed by atoms with Crippen molar-refractivity contribution in [3.05, 3.63) is 69.7 Å². The first-order valence-electron chi connectivity index (χ1n) is 8.43. The van der Waals surface area contributed by atoms with Crippen LogP contribution in [0.2, 0.25) is 0 Å². The zero-order chi connectivity index (χ0) is 15.9. The second-order valence-corrected chi connectivity index (χ2v) is 7.82. The Morgan fingerprint density at radius 1 is 0.913 bits per heavy atom. The number of rotatable bonds is 2. The Bertz CT molecular complexity index is 664. The standard InChI is InChI=1S/C20H22BrNO/c21-18-7-5-17(6-8-18)20(23)9-11-22(12-10-20)19-13-15-3-1-2-4-16(15)14-19/h1-8,19,23H,9-14H2. The number of aliphatic hydroxyl groups is 1. The summed E-state index contributed by atoms with van der Waals surface area (Å²) in [6.45, 7) is 1.95. The van der Waals surface area contributed by atoms with Gasteiger partial charge in [-0.15, -0.1) is 0 Å². The number of fused-ring (bicyclic) bond motifs is 1. The largest absolute Gasteiger partial charge is 0.385 e. The molecule has 0 spiro atoms. The van der Waals surface area contributed by atoms with Gasteiger partial charge in [-0.3, -0.25) is 4.90 Å². The molecule has 2 aliphatic rings. The summed E-state index contributed by atoms with van der Waals surface area (Å²) in [5.74, 6) is 0. The fourth-order valence-corrected chi connectivity index (χ4v) is 4.37. The van der Waals surface area contributed by atoms with Crippen LogP contribution in [0.4, 0.5) is 0 Å². The summed E-state index contributed by atoms with van der Waals surface area (Å²) >= 11 is 3.47. The van der Waals surface area contributed by atoms with E-state index in [4.69, 9.17) is 0 Å². The van der Waals surface area contributed by atoms with Gasteiger partial charge in [0.05, 0.1) is 5.60 Å². The zero-order valence-electron chi connectivity index (χ0n) is 13.2. The average molecular weight is 372 g/mol. The molecule has 0 bridgehead atoms. The van der Waals surface area contributed by atoms with Crippen molar-refractivity contribution in [2.45, 2.75) is 37.3 Å². The topological polar surface area (TPSA) is 23.5 Å². The summed E-state index contributed by atoms with van der Waals surface area (Å²) in [6.07, 6.45) is 3.96. The van der Waals surface area contributed by atoms with Gasteiger partial charge in [0.15, 0.2) is 0 Å². The highest BCUT2D eigenvalue weighted by molar-refractivity contribution is 9.10. The van der Waals surface area contributed by atoms with Crippen LogP contribution in [0.5, 0.6) is 0 Å². The van der Waals surface area contributed by atoms with Crippen LogP contribution in [0, 0.1) is 0 Å². The number of hydrogen-bond acceptors (Lipinski definition) is 2. The van der Waals surface area contributed by atoms with Gasteiger partial charge < -0.3 is 5.11 Å². The molecule has 1 saturated heterocycles. The third kappa shape index (κ3) is 2.98. The summed E-state index contributed by atoms with van der Waals surface area (Å²) < 4.78 is 1.06. The van der Waals surface area contributed by atoms with Crippen LogP contribution in [0.3, 0.4) is 0 Å². The summed E-state index contributed by atoms with van der Waals surface area (Å²) in [5, 5.41) is 11.0. The van der Waals surface area contributed by atoms with E-state index in [-0.39, 0.29) is 0 Å².